The molecular weight excluding hydrogens is 308 g/mol. The Morgan fingerprint density at radius 2 is 1.61 bits per heavy atom. The fraction of sp³-hybridized carbons (Fsp3) is 0.0556. The van der Waals surface area contributed by atoms with Gasteiger partial charge in [0.25, 0.3) is 0 Å². The number of rotatable bonds is 3. The summed E-state index contributed by atoms with van der Waals surface area (Å²) in [7, 11) is 1.63. The maximum absolute atomic E-state index is 9.93. The second kappa shape index (κ2) is 6.54. The molecule has 3 aromatic rings. The SMILES string of the molecule is COc1ccc(NC(=S)Nc2cccc3c(O)cccc23)cc1. The van der Waals surface area contributed by atoms with E-state index in [1.165, 1.54) is 0 Å². The van der Waals surface area contributed by atoms with E-state index in [4.69, 9.17) is 17.0 Å². The minimum Gasteiger partial charge on any atom is -0.507 e. The molecule has 0 aliphatic carbocycles. The van der Waals surface area contributed by atoms with Crippen LogP contribution in [0.5, 0.6) is 11.5 Å². The van der Waals surface area contributed by atoms with Gasteiger partial charge >= 0.3 is 0 Å². The standard InChI is InChI=1S/C18H16N2O2S/c1-22-13-10-8-12(9-11-13)19-18(23)20-16-6-2-5-15-14(16)4-3-7-17(15)21/h2-11,21H,1H3,(H2,19,20,23). The predicted octanol–water partition coefficient (Wildman–Crippen LogP) is 4.36. The van der Waals surface area contributed by atoms with Crippen molar-refractivity contribution in [2.75, 3.05) is 17.7 Å². The molecule has 0 amide bonds. The van der Waals surface area contributed by atoms with Crippen molar-refractivity contribution in [3.63, 3.8) is 0 Å². The second-order valence-electron chi connectivity index (χ2n) is 4.99. The first-order valence-corrected chi connectivity index (χ1v) is 7.51. The van der Waals surface area contributed by atoms with E-state index in [-0.39, 0.29) is 5.75 Å². The third-order valence-electron chi connectivity index (χ3n) is 3.50. The van der Waals surface area contributed by atoms with Crippen LogP contribution in [0.15, 0.2) is 60.7 Å². The maximum atomic E-state index is 9.93. The van der Waals surface area contributed by atoms with Crippen molar-refractivity contribution in [3.05, 3.63) is 60.7 Å². The molecule has 0 bridgehead atoms. The highest BCUT2D eigenvalue weighted by atomic mass is 32.1. The van der Waals surface area contributed by atoms with Crippen molar-refractivity contribution in [3.8, 4) is 11.5 Å². The summed E-state index contributed by atoms with van der Waals surface area (Å²) >= 11 is 5.36. The molecule has 5 heteroatoms. The molecule has 0 aliphatic heterocycles. The van der Waals surface area contributed by atoms with Crippen LogP contribution in [-0.4, -0.2) is 17.3 Å². The van der Waals surface area contributed by atoms with Gasteiger partial charge in [0.05, 0.1) is 7.11 Å². The van der Waals surface area contributed by atoms with E-state index in [0.717, 1.165) is 27.9 Å². The number of phenols is 1. The summed E-state index contributed by atoms with van der Waals surface area (Å²) in [6.07, 6.45) is 0. The molecule has 23 heavy (non-hydrogen) atoms. The van der Waals surface area contributed by atoms with Crippen molar-refractivity contribution in [1.82, 2.24) is 0 Å². The first-order chi connectivity index (χ1) is 11.2. The molecule has 116 valence electrons. The van der Waals surface area contributed by atoms with Crippen LogP contribution in [0.1, 0.15) is 0 Å². The summed E-state index contributed by atoms with van der Waals surface area (Å²) in [5.74, 6) is 1.04. The number of aromatic hydroxyl groups is 1. The molecule has 0 heterocycles. The highest BCUT2D eigenvalue weighted by Gasteiger charge is 2.06. The zero-order valence-electron chi connectivity index (χ0n) is 12.5. The zero-order valence-corrected chi connectivity index (χ0v) is 13.4. The Labute approximate surface area is 139 Å². The van der Waals surface area contributed by atoms with E-state index < -0.39 is 0 Å². The van der Waals surface area contributed by atoms with Gasteiger partial charge in [-0.3, -0.25) is 0 Å². The van der Waals surface area contributed by atoms with Crippen molar-refractivity contribution in [2.45, 2.75) is 0 Å². The number of methoxy groups -OCH3 is 1. The maximum Gasteiger partial charge on any atom is 0.175 e. The molecule has 0 fully saturated rings. The van der Waals surface area contributed by atoms with Crippen LogP contribution < -0.4 is 15.4 Å². The average molecular weight is 324 g/mol. The number of benzene rings is 3. The van der Waals surface area contributed by atoms with E-state index in [2.05, 4.69) is 10.6 Å². The molecule has 0 aromatic heterocycles. The molecule has 3 rings (SSSR count). The largest absolute Gasteiger partial charge is 0.507 e. The lowest BCUT2D eigenvalue weighted by Gasteiger charge is -2.13. The molecule has 0 unspecified atom stereocenters. The van der Waals surface area contributed by atoms with Gasteiger partial charge in [-0.15, -0.1) is 0 Å². The monoisotopic (exact) mass is 324 g/mol. The van der Waals surface area contributed by atoms with Crippen molar-refractivity contribution < 1.29 is 9.84 Å². The third-order valence-corrected chi connectivity index (χ3v) is 3.70. The van der Waals surface area contributed by atoms with Crippen LogP contribution in [0, 0.1) is 0 Å². The van der Waals surface area contributed by atoms with Crippen LogP contribution in [-0.2, 0) is 0 Å². The Morgan fingerprint density at radius 3 is 2.35 bits per heavy atom. The highest BCUT2D eigenvalue weighted by Crippen LogP contribution is 2.29. The molecule has 0 radical (unpaired) electrons. The molecule has 0 saturated heterocycles. The topological polar surface area (TPSA) is 53.5 Å². The lowest BCUT2D eigenvalue weighted by molar-refractivity contribution is 0.415. The number of anilines is 2. The van der Waals surface area contributed by atoms with E-state index in [0.29, 0.717) is 5.11 Å². The number of ether oxygens (including phenoxy) is 1. The number of hydrogen-bond donors (Lipinski definition) is 3. The Morgan fingerprint density at radius 1 is 0.913 bits per heavy atom. The Balaban J connectivity index is 1.78. The Hall–Kier alpha value is -2.79. The molecular formula is C18H16N2O2S. The van der Waals surface area contributed by atoms with Gasteiger partial charge in [0.2, 0.25) is 0 Å². The number of hydrogen-bond acceptors (Lipinski definition) is 3. The van der Waals surface area contributed by atoms with Gasteiger partial charge in [-0.1, -0.05) is 24.3 Å². The van der Waals surface area contributed by atoms with E-state index in [9.17, 15) is 5.11 Å². The first-order valence-electron chi connectivity index (χ1n) is 7.10. The van der Waals surface area contributed by atoms with Gasteiger partial charge in [-0.2, -0.15) is 0 Å². The van der Waals surface area contributed by atoms with E-state index in [1.54, 1.807) is 13.2 Å². The number of nitrogens with one attached hydrogen (secondary N) is 2. The quantitative estimate of drug-likeness (QED) is 0.625. The van der Waals surface area contributed by atoms with Crippen LogP contribution in [0.3, 0.4) is 0 Å². The molecule has 3 N–H and O–H groups in total. The predicted molar refractivity (Wildman–Crippen MR) is 98.5 cm³/mol. The zero-order chi connectivity index (χ0) is 16.2. The smallest absolute Gasteiger partial charge is 0.175 e. The summed E-state index contributed by atoms with van der Waals surface area (Å²) < 4.78 is 5.13. The molecule has 0 aliphatic rings. The van der Waals surface area contributed by atoms with Crippen LogP contribution in [0.25, 0.3) is 10.8 Å². The van der Waals surface area contributed by atoms with Gasteiger partial charge < -0.3 is 20.5 Å². The summed E-state index contributed by atoms with van der Waals surface area (Å²) in [6.45, 7) is 0. The lowest BCUT2D eigenvalue weighted by Crippen LogP contribution is -2.19. The molecule has 4 nitrogen and oxygen atoms in total. The molecule has 0 spiro atoms. The summed E-state index contributed by atoms with van der Waals surface area (Å²) in [6, 6.07) is 18.6. The van der Waals surface area contributed by atoms with Gasteiger partial charge in [0.1, 0.15) is 11.5 Å². The minimum atomic E-state index is 0.250. The van der Waals surface area contributed by atoms with Crippen molar-refractivity contribution in [2.24, 2.45) is 0 Å². The van der Waals surface area contributed by atoms with Crippen molar-refractivity contribution >= 4 is 39.5 Å². The second-order valence-corrected chi connectivity index (χ2v) is 5.39. The summed E-state index contributed by atoms with van der Waals surface area (Å²) in [4.78, 5) is 0. The summed E-state index contributed by atoms with van der Waals surface area (Å²) in [5.41, 5.74) is 1.70. The lowest BCUT2D eigenvalue weighted by atomic mass is 10.1. The summed E-state index contributed by atoms with van der Waals surface area (Å²) in [5, 5.41) is 18.4. The van der Waals surface area contributed by atoms with Crippen LogP contribution in [0.4, 0.5) is 11.4 Å². The number of phenolic OH excluding ortho intramolecular Hbond substituents is 1. The number of fused-ring (bicyclic) bond motifs is 1. The fourth-order valence-electron chi connectivity index (χ4n) is 2.36. The van der Waals surface area contributed by atoms with Gasteiger partial charge in [-0.25, -0.2) is 0 Å². The normalized spacial score (nSPS) is 10.3. The van der Waals surface area contributed by atoms with E-state index in [1.807, 2.05) is 54.6 Å². The van der Waals surface area contributed by atoms with E-state index >= 15 is 0 Å². The van der Waals surface area contributed by atoms with Gasteiger partial charge in [-0.05, 0) is 48.6 Å². The van der Waals surface area contributed by atoms with Crippen molar-refractivity contribution in [1.29, 1.82) is 0 Å². The van der Waals surface area contributed by atoms with Gasteiger partial charge in [0, 0.05) is 22.1 Å². The fourth-order valence-corrected chi connectivity index (χ4v) is 2.59. The number of thiocarbonyl (C=S) groups is 1. The van der Waals surface area contributed by atoms with Crippen LogP contribution >= 0.6 is 12.2 Å². The molecule has 3 aromatic carbocycles. The molecule has 0 saturated carbocycles. The Bertz CT molecular complexity index is 847. The van der Waals surface area contributed by atoms with Crippen LogP contribution in [0.2, 0.25) is 0 Å². The minimum absolute atomic E-state index is 0.250. The average Bonchev–Trinajstić information content (AvgIpc) is 2.56. The Kier molecular flexibility index (Phi) is 4.30. The molecule has 0 atom stereocenters. The third kappa shape index (κ3) is 3.35. The highest BCUT2D eigenvalue weighted by molar-refractivity contribution is 7.80. The van der Waals surface area contributed by atoms with Gasteiger partial charge in [0.15, 0.2) is 5.11 Å². The first kappa shape index (κ1) is 15.1.